The summed E-state index contributed by atoms with van der Waals surface area (Å²) in [6.07, 6.45) is 3.84. The summed E-state index contributed by atoms with van der Waals surface area (Å²) < 4.78 is 13.8. The Bertz CT molecular complexity index is 394. The van der Waals surface area contributed by atoms with Crippen LogP contribution in [0, 0.1) is 5.82 Å². The lowest BCUT2D eigenvalue weighted by Gasteiger charge is -2.22. The van der Waals surface area contributed by atoms with Crippen LogP contribution < -0.4 is 11.1 Å². The van der Waals surface area contributed by atoms with Gasteiger partial charge in [-0.3, -0.25) is 0 Å². The molecule has 1 aromatic carbocycles. The molecule has 1 atom stereocenters. The molecule has 3 N–H and O–H groups in total. The lowest BCUT2D eigenvalue weighted by Crippen LogP contribution is -2.20. The van der Waals surface area contributed by atoms with Crippen LogP contribution in [0.3, 0.4) is 0 Å². The van der Waals surface area contributed by atoms with Crippen LogP contribution in [0.5, 0.6) is 0 Å². The molecule has 2 rings (SSSR count). The van der Waals surface area contributed by atoms with Crippen LogP contribution in [-0.4, -0.2) is 17.5 Å². The zero-order valence-corrected chi connectivity index (χ0v) is 11.9. The summed E-state index contributed by atoms with van der Waals surface area (Å²) in [4.78, 5) is 0. The zero-order chi connectivity index (χ0) is 12.3. The number of thioether (sulfide) groups is 1. The monoisotopic (exact) mass is 318 g/mol. The Hall–Kier alpha value is -0.420. The van der Waals surface area contributed by atoms with Crippen molar-refractivity contribution in [1.82, 2.24) is 0 Å². The summed E-state index contributed by atoms with van der Waals surface area (Å²) in [5.41, 5.74) is 7.11. The van der Waals surface area contributed by atoms with Crippen molar-refractivity contribution in [2.24, 2.45) is 0 Å². The summed E-state index contributed by atoms with van der Waals surface area (Å²) in [6.45, 7) is 0.857. The number of nitrogens with one attached hydrogen (secondary N) is 1. The topological polar surface area (TPSA) is 38.0 Å². The first-order valence-corrected chi connectivity index (χ1v) is 7.61. The molecule has 0 spiro atoms. The number of halogens is 2. The number of rotatable bonds is 3. The van der Waals surface area contributed by atoms with Crippen molar-refractivity contribution in [2.75, 3.05) is 23.3 Å². The first-order valence-electron chi connectivity index (χ1n) is 5.77. The van der Waals surface area contributed by atoms with Crippen molar-refractivity contribution in [3.05, 3.63) is 22.4 Å². The highest BCUT2D eigenvalue weighted by Crippen LogP contribution is 2.29. The molecule has 1 aliphatic rings. The second kappa shape index (κ2) is 5.96. The summed E-state index contributed by atoms with van der Waals surface area (Å²) in [5, 5.41) is 3.86. The van der Waals surface area contributed by atoms with Gasteiger partial charge in [0.05, 0.1) is 15.8 Å². The van der Waals surface area contributed by atoms with Gasteiger partial charge in [-0.25, -0.2) is 4.39 Å². The molecule has 1 fully saturated rings. The van der Waals surface area contributed by atoms with Gasteiger partial charge in [0.15, 0.2) is 0 Å². The van der Waals surface area contributed by atoms with E-state index in [0.717, 1.165) is 6.54 Å². The molecule has 0 saturated carbocycles. The molecule has 1 aromatic rings. The Kier molecular flexibility index (Phi) is 4.56. The number of hydrogen-bond donors (Lipinski definition) is 2. The Balaban J connectivity index is 1.96. The van der Waals surface area contributed by atoms with Crippen LogP contribution in [0.4, 0.5) is 15.8 Å². The molecule has 1 unspecified atom stereocenters. The average Bonchev–Trinajstić information content (AvgIpc) is 2.33. The van der Waals surface area contributed by atoms with Crippen LogP contribution in [0.15, 0.2) is 16.6 Å². The second-order valence-electron chi connectivity index (χ2n) is 4.22. The van der Waals surface area contributed by atoms with Crippen LogP contribution in [-0.2, 0) is 0 Å². The average molecular weight is 319 g/mol. The van der Waals surface area contributed by atoms with Crippen LogP contribution >= 0.6 is 27.7 Å². The highest BCUT2D eigenvalue weighted by atomic mass is 79.9. The van der Waals surface area contributed by atoms with Gasteiger partial charge in [-0.2, -0.15) is 11.8 Å². The van der Waals surface area contributed by atoms with Gasteiger partial charge in [0.25, 0.3) is 0 Å². The maximum Gasteiger partial charge on any atom is 0.139 e. The van der Waals surface area contributed by atoms with Crippen molar-refractivity contribution >= 4 is 39.1 Å². The van der Waals surface area contributed by atoms with Crippen LogP contribution in [0.1, 0.15) is 19.3 Å². The fraction of sp³-hybridized carbons (Fsp3) is 0.500. The van der Waals surface area contributed by atoms with Gasteiger partial charge >= 0.3 is 0 Å². The van der Waals surface area contributed by atoms with Crippen molar-refractivity contribution in [1.29, 1.82) is 0 Å². The van der Waals surface area contributed by atoms with E-state index in [9.17, 15) is 4.39 Å². The summed E-state index contributed by atoms with van der Waals surface area (Å²) in [5.74, 6) is 0.953. The molecule has 0 aliphatic carbocycles. The minimum absolute atomic E-state index is 0.280. The van der Waals surface area contributed by atoms with Gasteiger partial charge in [0.1, 0.15) is 5.82 Å². The van der Waals surface area contributed by atoms with E-state index in [2.05, 4.69) is 21.2 Å². The van der Waals surface area contributed by atoms with E-state index in [1.54, 1.807) is 6.07 Å². The van der Waals surface area contributed by atoms with Gasteiger partial charge in [-0.05, 0) is 40.6 Å². The lowest BCUT2D eigenvalue weighted by molar-refractivity contribution is 0.621. The van der Waals surface area contributed by atoms with Gasteiger partial charge < -0.3 is 11.1 Å². The fourth-order valence-corrected chi connectivity index (χ4v) is 3.51. The first-order chi connectivity index (χ1) is 8.16. The molecule has 1 saturated heterocycles. The van der Waals surface area contributed by atoms with E-state index >= 15 is 0 Å². The normalized spacial score (nSPS) is 20.2. The van der Waals surface area contributed by atoms with Crippen molar-refractivity contribution in [3.8, 4) is 0 Å². The minimum atomic E-state index is -0.280. The number of hydrogen-bond acceptors (Lipinski definition) is 3. The Morgan fingerprint density at radius 2 is 2.29 bits per heavy atom. The molecule has 0 amide bonds. The van der Waals surface area contributed by atoms with E-state index in [1.807, 2.05) is 11.8 Å². The van der Waals surface area contributed by atoms with E-state index in [4.69, 9.17) is 5.73 Å². The van der Waals surface area contributed by atoms with Gasteiger partial charge in [0.2, 0.25) is 0 Å². The Labute approximate surface area is 114 Å². The SMILES string of the molecule is Nc1cc(Br)c(F)cc1NCC1CCCCS1. The third-order valence-corrected chi connectivity index (χ3v) is 4.89. The standard InChI is InChI=1S/C12H16BrFN2S/c13-9-5-11(15)12(6-10(9)14)16-7-8-3-1-2-4-17-8/h5-6,8,16H,1-4,7,15H2. The third-order valence-electron chi connectivity index (χ3n) is 2.89. The summed E-state index contributed by atoms with van der Waals surface area (Å²) in [6, 6.07) is 3.05. The molecular formula is C12H16BrFN2S. The van der Waals surface area contributed by atoms with E-state index in [0.29, 0.717) is 21.1 Å². The molecule has 1 heterocycles. The van der Waals surface area contributed by atoms with Crippen molar-refractivity contribution < 1.29 is 4.39 Å². The summed E-state index contributed by atoms with van der Waals surface area (Å²) >= 11 is 5.11. The highest BCUT2D eigenvalue weighted by Gasteiger charge is 2.14. The molecule has 1 aliphatic heterocycles. The molecule has 0 radical (unpaired) electrons. The third kappa shape index (κ3) is 3.52. The highest BCUT2D eigenvalue weighted by molar-refractivity contribution is 9.10. The smallest absolute Gasteiger partial charge is 0.139 e. The van der Waals surface area contributed by atoms with E-state index in [1.165, 1.54) is 31.1 Å². The first kappa shape index (κ1) is 13.0. The minimum Gasteiger partial charge on any atom is -0.397 e. The quantitative estimate of drug-likeness (QED) is 0.831. The maximum absolute atomic E-state index is 13.4. The van der Waals surface area contributed by atoms with Crippen molar-refractivity contribution in [3.63, 3.8) is 0 Å². The number of nitrogens with two attached hydrogens (primary N) is 1. The number of anilines is 2. The second-order valence-corrected chi connectivity index (χ2v) is 6.49. The predicted octanol–water partition coefficient (Wildman–Crippen LogP) is 3.87. The molecular weight excluding hydrogens is 303 g/mol. The molecule has 0 aromatic heterocycles. The van der Waals surface area contributed by atoms with Gasteiger partial charge in [-0.1, -0.05) is 6.42 Å². The van der Waals surface area contributed by atoms with Crippen LogP contribution in [0.2, 0.25) is 0 Å². The van der Waals surface area contributed by atoms with Gasteiger partial charge in [-0.15, -0.1) is 0 Å². The maximum atomic E-state index is 13.4. The zero-order valence-electron chi connectivity index (χ0n) is 9.51. The Morgan fingerprint density at radius 1 is 1.47 bits per heavy atom. The van der Waals surface area contributed by atoms with Crippen LogP contribution in [0.25, 0.3) is 0 Å². The number of nitrogen functional groups attached to an aromatic ring is 1. The predicted molar refractivity (Wildman–Crippen MR) is 77.1 cm³/mol. The van der Waals surface area contributed by atoms with E-state index < -0.39 is 0 Å². The largest absolute Gasteiger partial charge is 0.397 e. The molecule has 17 heavy (non-hydrogen) atoms. The molecule has 5 heteroatoms. The molecule has 2 nitrogen and oxygen atoms in total. The Morgan fingerprint density at radius 3 is 3.00 bits per heavy atom. The van der Waals surface area contributed by atoms with E-state index in [-0.39, 0.29) is 5.82 Å². The lowest BCUT2D eigenvalue weighted by atomic mass is 10.2. The van der Waals surface area contributed by atoms with Gasteiger partial charge in [0, 0.05) is 17.9 Å². The number of benzene rings is 1. The van der Waals surface area contributed by atoms with Crippen molar-refractivity contribution in [2.45, 2.75) is 24.5 Å². The summed E-state index contributed by atoms with van der Waals surface area (Å²) in [7, 11) is 0. The fourth-order valence-electron chi connectivity index (χ4n) is 1.91. The molecule has 94 valence electrons. The molecule has 0 bridgehead atoms.